The lowest BCUT2D eigenvalue weighted by molar-refractivity contribution is -0.136. The number of hydrogen-bond acceptors (Lipinski definition) is 5. The van der Waals surface area contributed by atoms with Gasteiger partial charge in [0.2, 0.25) is 0 Å². The fraction of sp³-hybridized carbons (Fsp3) is 0.143. The zero-order chi connectivity index (χ0) is 19.6. The van der Waals surface area contributed by atoms with Crippen LogP contribution in [0.4, 0.5) is 5.69 Å². The highest BCUT2D eigenvalue weighted by Gasteiger charge is 2.38. The van der Waals surface area contributed by atoms with Gasteiger partial charge in [0.25, 0.3) is 5.91 Å². The Labute approximate surface area is 162 Å². The highest BCUT2D eigenvalue weighted by molar-refractivity contribution is 7.98. The third-order valence-electron chi connectivity index (χ3n) is 4.34. The summed E-state index contributed by atoms with van der Waals surface area (Å²) in [5, 5.41) is 10.1. The van der Waals surface area contributed by atoms with E-state index in [1.165, 1.54) is 24.2 Å². The number of hydrogen-bond donors (Lipinski definition) is 1. The average molecular weight is 381 g/mol. The molecule has 5 nitrogen and oxygen atoms in total. The molecule has 1 aliphatic heterocycles. The van der Waals surface area contributed by atoms with Crippen LogP contribution in [0.15, 0.2) is 70.3 Å². The summed E-state index contributed by atoms with van der Waals surface area (Å²) in [5.74, 6) is -0.900. The van der Waals surface area contributed by atoms with E-state index in [1.54, 1.807) is 36.9 Å². The van der Waals surface area contributed by atoms with Gasteiger partial charge in [-0.3, -0.25) is 9.69 Å². The zero-order valence-corrected chi connectivity index (χ0v) is 16.0. The molecule has 0 saturated carbocycles. The van der Waals surface area contributed by atoms with Crippen LogP contribution in [0.1, 0.15) is 12.5 Å². The summed E-state index contributed by atoms with van der Waals surface area (Å²) in [6.07, 6.45) is 3.48. The lowest BCUT2D eigenvalue weighted by atomic mass is 10.0. The van der Waals surface area contributed by atoms with Gasteiger partial charge in [-0.05, 0) is 43.5 Å². The van der Waals surface area contributed by atoms with Gasteiger partial charge in [0.1, 0.15) is 5.75 Å². The molecule has 2 aromatic rings. The third kappa shape index (κ3) is 3.48. The number of esters is 1. The first-order valence-corrected chi connectivity index (χ1v) is 9.48. The lowest BCUT2D eigenvalue weighted by Crippen LogP contribution is -2.24. The van der Waals surface area contributed by atoms with Crippen LogP contribution in [0.25, 0.3) is 6.08 Å². The number of amides is 1. The van der Waals surface area contributed by atoms with Crippen LogP contribution in [-0.2, 0) is 14.3 Å². The van der Waals surface area contributed by atoms with Crippen molar-refractivity contribution < 1.29 is 19.4 Å². The van der Waals surface area contributed by atoms with Crippen molar-refractivity contribution in [2.24, 2.45) is 0 Å². The molecular formula is C21H19NO4S. The Balaban J connectivity index is 2.16. The summed E-state index contributed by atoms with van der Waals surface area (Å²) in [7, 11) is 1.28. The van der Waals surface area contributed by atoms with E-state index < -0.39 is 5.97 Å². The van der Waals surface area contributed by atoms with Crippen molar-refractivity contribution in [1.82, 2.24) is 0 Å². The number of allylic oxidation sites excluding steroid dienone is 1. The van der Waals surface area contributed by atoms with Gasteiger partial charge in [0, 0.05) is 16.2 Å². The van der Waals surface area contributed by atoms with Crippen molar-refractivity contribution in [3.05, 3.63) is 70.9 Å². The number of para-hydroxylation sites is 1. The van der Waals surface area contributed by atoms with E-state index in [4.69, 9.17) is 4.74 Å². The van der Waals surface area contributed by atoms with Crippen molar-refractivity contribution in [3.63, 3.8) is 0 Å². The van der Waals surface area contributed by atoms with Crippen molar-refractivity contribution in [2.45, 2.75) is 11.8 Å². The Morgan fingerprint density at radius 1 is 1.19 bits per heavy atom. The van der Waals surface area contributed by atoms with E-state index >= 15 is 0 Å². The summed E-state index contributed by atoms with van der Waals surface area (Å²) in [6.45, 7) is 1.71. The smallest absolute Gasteiger partial charge is 0.340 e. The van der Waals surface area contributed by atoms with Crippen molar-refractivity contribution >= 4 is 35.4 Å². The number of phenolic OH excluding ortho intramolecular Hbond substituents is 1. The van der Waals surface area contributed by atoms with Gasteiger partial charge < -0.3 is 9.84 Å². The SMILES string of the molecule is COC(=O)C1=C(C)N(c2cccc(SC)c2)C(=O)/C1=C\c1ccccc1O. The first-order valence-electron chi connectivity index (χ1n) is 8.25. The van der Waals surface area contributed by atoms with Crippen molar-refractivity contribution in [2.75, 3.05) is 18.3 Å². The minimum Gasteiger partial charge on any atom is -0.507 e. The maximum absolute atomic E-state index is 13.2. The fourth-order valence-electron chi connectivity index (χ4n) is 3.01. The molecule has 3 rings (SSSR count). The first-order chi connectivity index (χ1) is 13.0. The van der Waals surface area contributed by atoms with Crippen LogP contribution >= 0.6 is 11.8 Å². The van der Waals surface area contributed by atoms with Crippen LogP contribution in [-0.4, -0.2) is 30.3 Å². The molecule has 0 fully saturated rings. The molecule has 138 valence electrons. The molecule has 0 aliphatic carbocycles. The molecule has 0 atom stereocenters. The number of aromatic hydroxyl groups is 1. The Kier molecular flexibility index (Phi) is 5.37. The molecule has 1 amide bonds. The highest BCUT2D eigenvalue weighted by atomic mass is 32.2. The van der Waals surface area contributed by atoms with Crippen LogP contribution in [0.5, 0.6) is 5.75 Å². The van der Waals surface area contributed by atoms with Crippen molar-refractivity contribution in [3.8, 4) is 5.75 Å². The molecule has 2 aromatic carbocycles. The largest absolute Gasteiger partial charge is 0.507 e. The second-order valence-corrected chi connectivity index (χ2v) is 6.79. The van der Waals surface area contributed by atoms with E-state index in [9.17, 15) is 14.7 Å². The van der Waals surface area contributed by atoms with Crippen LogP contribution in [0, 0.1) is 0 Å². The monoisotopic (exact) mass is 381 g/mol. The maximum atomic E-state index is 13.2. The van der Waals surface area contributed by atoms with Crippen LogP contribution in [0.3, 0.4) is 0 Å². The summed E-state index contributed by atoms with van der Waals surface area (Å²) in [5.41, 5.74) is 2.00. The molecule has 0 radical (unpaired) electrons. The van der Waals surface area contributed by atoms with Gasteiger partial charge in [-0.15, -0.1) is 11.8 Å². The number of methoxy groups -OCH3 is 1. The number of thioether (sulfide) groups is 1. The second-order valence-electron chi connectivity index (χ2n) is 5.91. The minimum atomic E-state index is -0.592. The number of anilines is 1. The highest BCUT2D eigenvalue weighted by Crippen LogP contribution is 2.37. The van der Waals surface area contributed by atoms with Crippen LogP contribution in [0.2, 0.25) is 0 Å². The standard InChI is InChI=1S/C21H19NO4S/c1-13-19(21(25)26-2)17(11-14-7-4-5-10-18(14)23)20(24)22(13)15-8-6-9-16(12-15)27-3/h4-12,23H,1-3H3/b17-11-. The van der Waals surface area contributed by atoms with Gasteiger partial charge in [0.15, 0.2) is 0 Å². The molecule has 1 N–H and O–H groups in total. The molecule has 1 heterocycles. The quantitative estimate of drug-likeness (QED) is 0.493. The van der Waals surface area contributed by atoms with Gasteiger partial charge in [-0.25, -0.2) is 4.79 Å². The van der Waals surface area contributed by atoms with E-state index in [-0.39, 0.29) is 22.8 Å². The Morgan fingerprint density at radius 3 is 2.59 bits per heavy atom. The van der Waals surface area contributed by atoms with Crippen molar-refractivity contribution in [1.29, 1.82) is 0 Å². The summed E-state index contributed by atoms with van der Waals surface area (Å²) in [6, 6.07) is 14.2. The Hall–Kier alpha value is -2.99. The van der Waals surface area contributed by atoms with Crippen LogP contribution < -0.4 is 4.90 Å². The van der Waals surface area contributed by atoms with E-state index in [0.717, 1.165) is 4.90 Å². The molecule has 0 aromatic heterocycles. The number of benzene rings is 2. The molecule has 0 bridgehead atoms. The third-order valence-corrected chi connectivity index (χ3v) is 5.06. The molecule has 1 aliphatic rings. The minimum absolute atomic E-state index is 0.0301. The van der Waals surface area contributed by atoms with Gasteiger partial charge in [0.05, 0.1) is 23.9 Å². The number of ether oxygens (including phenoxy) is 1. The van der Waals surface area contributed by atoms with Gasteiger partial charge in [-0.1, -0.05) is 24.3 Å². The predicted molar refractivity (Wildman–Crippen MR) is 107 cm³/mol. The predicted octanol–water partition coefficient (Wildman–Crippen LogP) is 3.99. The Morgan fingerprint density at radius 2 is 1.93 bits per heavy atom. The average Bonchev–Trinajstić information content (AvgIpc) is 2.93. The summed E-state index contributed by atoms with van der Waals surface area (Å²) in [4.78, 5) is 28.1. The van der Waals surface area contributed by atoms with E-state index in [2.05, 4.69) is 0 Å². The molecule has 0 unspecified atom stereocenters. The topological polar surface area (TPSA) is 66.8 Å². The summed E-state index contributed by atoms with van der Waals surface area (Å²) >= 11 is 1.57. The lowest BCUT2D eigenvalue weighted by Gasteiger charge is -2.18. The second kappa shape index (κ2) is 7.72. The van der Waals surface area contributed by atoms with E-state index in [0.29, 0.717) is 16.9 Å². The normalized spacial score (nSPS) is 15.6. The van der Waals surface area contributed by atoms with Gasteiger partial charge >= 0.3 is 5.97 Å². The Bertz CT molecular complexity index is 978. The van der Waals surface area contributed by atoms with E-state index in [1.807, 2.05) is 30.5 Å². The number of nitrogens with zero attached hydrogens (tertiary/aromatic N) is 1. The van der Waals surface area contributed by atoms with Gasteiger partial charge in [-0.2, -0.15) is 0 Å². The molecule has 0 saturated heterocycles. The summed E-state index contributed by atoms with van der Waals surface area (Å²) < 4.78 is 4.90. The number of rotatable bonds is 4. The number of carbonyl (C=O) groups excluding carboxylic acids is 2. The number of phenols is 1. The fourth-order valence-corrected chi connectivity index (χ4v) is 3.46. The molecular weight excluding hydrogens is 362 g/mol. The molecule has 0 spiro atoms. The number of carbonyl (C=O) groups is 2. The maximum Gasteiger partial charge on any atom is 0.340 e. The molecule has 6 heteroatoms. The zero-order valence-electron chi connectivity index (χ0n) is 15.2. The first kappa shape index (κ1) is 18.8. The molecule has 27 heavy (non-hydrogen) atoms.